The van der Waals surface area contributed by atoms with Crippen LogP contribution in [0.5, 0.6) is 0 Å². The monoisotopic (exact) mass is 384 g/mol. The van der Waals surface area contributed by atoms with Crippen LogP contribution in [-0.4, -0.2) is 38.0 Å². The molecule has 1 aliphatic heterocycles. The first kappa shape index (κ1) is 18.2. The van der Waals surface area contributed by atoms with E-state index in [0.717, 1.165) is 30.2 Å². The van der Waals surface area contributed by atoms with Gasteiger partial charge in [-0.1, -0.05) is 55.0 Å². The second kappa shape index (κ2) is 8.22. The molecule has 1 N–H and O–H groups in total. The molecular weight excluding hydrogens is 360 g/mol. The van der Waals surface area contributed by atoms with Crippen LogP contribution in [-0.2, 0) is 5.75 Å². The van der Waals surface area contributed by atoms with Gasteiger partial charge in [-0.15, -0.1) is 10.2 Å². The zero-order valence-electron chi connectivity index (χ0n) is 15.6. The standard InChI is InChI=1S/C19H24N6OS/c1-13(2)14-5-7-15(8-6-14)18-22-17(26-24-18)11-27-19-23-21-12-25(19)16-4-3-9-20-10-16/h5-8,12-13,16,20H,3-4,9-11H2,1-2H3. The van der Waals surface area contributed by atoms with Crippen LogP contribution in [0, 0.1) is 0 Å². The van der Waals surface area contributed by atoms with Crippen LogP contribution in [0.15, 0.2) is 40.3 Å². The third kappa shape index (κ3) is 4.22. The van der Waals surface area contributed by atoms with Crippen molar-refractivity contribution in [2.45, 2.75) is 49.6 Å². The number of piperidine rings is 1. The average molecular weight is 385 g/mol. The first-order chi connectivity index (χ1) is 13.2. The number of rotatable bonds is 6. The smallest absolute Gasteiger partial charge is 0.237 e. The second-order valence-corrected chi connectivity index (χ2v) is 8.04. The molecule has 0 saturated carbocycles. The molecule has 3 aromatic rings. The van der Waals surface area contributed by atoms with Crippen molar-refractivity contribution in [1.82, 2.24) is 30.2 Å². The van der Waals surface area contributed by atoms with Crippen LogP contribution >= 0.6 is 11.8 Å². The van der Waals surface area contributed by atoms with Crippen LogP contribution in [0.4, 0.5) is 0 Å². The first-order valence-corrected chi connectivity index (χ1v) is 10.3. The summed E-state index contributed by atoms with van der Waals surface area (Å²) in [7, 11) is 0. The molecule has 4 rings (SSSR count). The Morgan fingerprint density at radius 1 is 1.30 bits per heavy atom. The molecule has 8 heteroatoms. The Morgan fingerprint density at radius 2 is 2.15 bits per heavy atom. The van der Waals surface area contributed by atoms with Gasteiger partial charge in [-0.05, 0) is 30.9 Å². The lowest BCUT2D eigenvalue weighted by Gasteiger charge is -2.24. The molecule has 27 heavy (non-hydrogen) atoms. The SMILES string of the molecule is CC(C)c1ccc(-c2noc(CSc3nncn3C3CCCNC3)n2)cc1. The Labute approximate surface area is 163 Å². The predicted octanol–water partition coefficient (Wildman–Crippen LogP) is 3.67. The molecule has 7 nitrogen and oxygen atoms in total. The van der Waals surface area contributed by atoms with Gasteiger partial charge in [0.15, 0.2) is 5.16 Å². The Bertz CT molecular complexity index is 866. The molecule has 1 unspecified atom stereocenters. The van der Waals surface area contributed by atoms with Crippen molar-refractivity contribution in [1.29, 1.82) is 0 Å². The fraction of sp³-hybridized carbons (Fsp3) is 0.474. The Kier molecular flexibility index (Phi) is 5.54. The topological polar surface area (TPSA) is 81.7 Å². The molecule has 0 spiro atoms. The fourth-order valence-electron chi connectivity index (χ4n) is 3.23. The van der Waals surface area contributed by atoms with Crippen molar-refractivity contribution in [2.24, 2.45) is 0 Å². The Balaban J connectivity index is 1.41. The van der Waals surface area contributed by atoms with Gasteiger partial charge < -0.3 is 14.4 Å². The summed E-state index contributed by atoms with van der Waals surface area (Å²) in [6.45, 7) is 6.41. The quantitative estimate of drug-likeness (QED) is 0.649. The molecule has 1 atom stereocenters. The van der Waals surface area contributed by atoms with E-state index in [1.807, 2.05) is 18.5 Å². The van der Waals surface area contributed by atoms with E-state index in [9.17, 15) is 0 Å². The van der Waals surface area contributed by atoms with E-state index in [-0.39, 0.29) is 0 Å². The van der Waals surface area contributed by atoms with Gasteiger partial charge in [0.2, 0.25) is 11.7 Å². The van der Waals surface area contributed by atoms with E-state index in [1.54, 1.807) is 11.8 Å². The minimum atomic E-state index is 0.411. The average Bonchev–Trinajstić information content (AvgIpc) is 3.36. The Hall–Kier alpha value is -2.19. The summed E-state index contributed by atoms with van der Waals surface area (Å²) in [5.74, 6) is 2.31. The Morgan fingerprint density at radius 3 is 2.89 bits per heavy atom. The molecule has 1 fully saturated rings. The highest BCUT2D eigenvalue weighted by Gasteiger charge is 2.19. The third-order valence-corrected chi connectivity index (χ3v) is 5.77. The summed E-state index contributed by atoms with van der Waals surface area (Å²) in [5, 5.41) is 16.8. The van der Waals surface area contributed by atoms with Gasteiger partial charge in [-0.25, -0.2) is 0 Å². The van der Waals surface area contributed by atoms with Crippen molar-refractivity contribution in [3.63, 3.8) is 0 Å². The molecule has 0 bridgehead atoms. The lowest BCUT2D eigenvalue weighted by atomic mass is 10.0. The summed E-state index contributed by atoms with van der Waals surface area (Å²) in [6.07, 6.45) is 4.14. The highest BCUT2D eigenvalue weighted by atomic mass is 32.2. The van der Waals surface area contributed by atoms with Crippen molar-refractivity contribution in [3.05, 3.63) is 42.0 Å². The normalized spacial score (nSPS) is 17.5. The van der Waals surface area contributed by atoms with E-state index in [1.165, 1.54) is 12.0 Å². The maximum absolute atomic E-state index is 5.43. The van der Waals surface area contributed by atoms with E-state index in [0.29, 0.717) is 29.4 Å². The number of nitrogens with one attached hydrogen (secondary N) is 1. The molecule has 1 aromatic carbocycles. The van der Waals surface area contributed by atoms with Crippen molar-refractivity contribution < 1.29 is 4.52 Å². The van der Waals surface area contributed by atoms with Gasteiger partial charge in [0.05, 0.1) is 5.75 Å². The molecule has 3 heterocycles. The summed E-state index contributed by atoms with van der Waals surface area (Å²) in [6, 6.07) is 8.74. The van der Waals surface area contributed by atoms with E-state index < -0.39 is 0 Å². The number of hydrogen-bond acceptors (Lipinski definition) is 7. The highest BCUT2D eigenvalue weighted by Crippen LogP contribution is 2.27. The summed E-state index contributed by atoms with van der Waals surface area (Å²) < 4.78 is 7.58. The number of aromatic nitrogens is 5. The van der Waals surface area contributed by atoms with Crippen LogP contribution in [0.1, 0.15) is 50.1 Å². The summed E-state index contributed by atoms with van der Waals surface area (Å²) in [5.41, 5.74) is 2.27. The van der Waals surface area contributed by atoms with Gasteiger partial charge in [0, 0.05) is 18.2 Å². The van der Waals surface area contributed by atoms with E-state index >= 15 is 0 Å². The maximum Gasteiger partial charge on any atom is 0.237 e. The van der Waals surface area contributed by atoms with Crippen LogP contribution in [0.2, 0.25) is 0 Å². The summed E-state index contributed by atoms with van der Waals surface area (Å²) in [4.78, 5) is 4.53. The van der Waals surface area contributed by atoms with E-state index in [2.05, 4.69) is 56.2 Å². The number of hydrogen-bond donors (Lipinski definition) is 1. The minimum absolute atomic E-state index is 0.411. The van der Waals surface area contributed by atoms with Gasteiger partial charge in [-0.2, -0.15) is 4.98 Å². The molecular formula is C19H24N6OS. The van der Waals surface area contributed by atoms with Crippen LogP contribution in [0.25, 0.3) is 11.4 Å². The van der Waals surface area contributed by atoms with Gasteiger partial charge in [0.25, 0.3) is 0 Å². The van der Waals surface area contributed by atoms with Crippen LogP contribution in [0.3, 0.4) is 0 Å². The maximum atomic E-state index is 5.43. The van der Waals surface area contributed by atoms with Crippen molar-refractivity contribution >= 4 is 11.8 Å². The summed E-state index contributed by atoms with van der Waals surface area (Å²) >= 11 is 1.58. The zero-order valence-corrected chi connectivity index (χ0v) is 16.4. The second-order valence-electron chi connectivity index (χ2n) is 7.10. The number of thioether (sulfide) groups is 1. The number of benzene rings is 1. The molecule has 1 saturated heterocycles. The highest BCUT2D eigenvalue weighted by molar-refractivity contribution is 7.98. The molecule has 142 valence electrons. The van der Waals surface area contributed by atoms with Gasteiger partial charge in [-0.3, -0.25) is 0 Å². The van der Waals surface area contributed by atoms with Gasteiger partial charge in [0.1, 0.15) is 6.33 Å². The first-order valence-electron chi connectivity index (χ1n) is 9.36. The molecule has 0 aliphatic carbocycles. The number of nitrogens with zero attached hydrogens (tertiary/aromatic N) is 5. The molecule has 0 radical (unpaired) electrons. The minimum Gasteiger partial charge on any atom is -0.338 e. The third-order valence-electron chi connectivity index (χ3n) is 4.83. The van der Waals surface area contributed by atoms with Crippen molar-refractivity contribution in [2.75, 3.05) is 13.1 Å². The largest absolute Gasteiger partial charge is 0.338 e. The molecule has 2 aromatic heterocycles. The lowest BCUT2D eigenvalue weighted by Crippen LogP contribution is -2.31. The van der Waals surface area contributed by atoms with Crippen molar-refractivity contribution in [3.8, 4) is 11.4 Å². The fourth-order valence-corrected chi connectivity index (χ4v) is 4.05. The predicted molar refractivity (Wildman–Crippen MR) is 105 cm³/mol. The van der Waals surface area contributed by atoms with E-state index in [4.69, 9.17) is 4.52 Å². The molecule has 1 aliphatic rings. The van der Waals surface area contributed by atoms with Crippen LogP contribution < -0.4 is 5.32 Å². The van der Waals surface area contributed by atoms with Gasteiger partial charge >= 0.3 is 0 Å². The zero-order chi connectivity index (χ0) is 18.6. The lowest BCUT2D eigenvalue weighted by molar-refractivity contribution is 0.353. The molecule has 0 amide bonds.